The van der Waals surface area contributed by atoms with E-state index in [0.29, 0.717) is 11.3 Å². The molecule has 0 aliphatic carbocycles. The Morgan fingerprint density at radius 3 is 2.62 bits per heavy atom. The second-order valence-corrected chi connectivity index (χ2v) is 7.59. The van der Waals surface area contributed by atoms with E-state index in [9.17, 15) is 24.3 Å². The van der Waals surface area contributed by atoms with Gasteiger partial charge in [0.25, 0.3) is 11.8 Å². The van der Waals surface area contributed by atoms with Crippen LogP contribution in [-0.2, 0) is 23.9 Å². The Hall–Kier alpha value is -3.01. The molecule has 2 N–H and O–H groups in total. The number of nitrogens with zero attached hydrogens (tertiary/aromatic N) is 1. The van der Waals surface area contributed by atoms with Crippen LogP contribution in [0.15, 0.2) is 41.6 Å². The van der Waals surface area contributed by atoms with E-state index in [1.54, 1.807) is 31.2 Å². The third-order valence-corrected chi connectivity index (χ3v) is 5.77. The maximum absolute atomic E-state index is 12.6. The van der Waals surface area contributed by atoms with Gasteiger partial charge in [0.1, 0.15) is 29.0 Å². The summed E-state index contributed by atoms with van der Waals surface area (Å²) in [7, 11) is 0. The number of hydrogen-bond acceptors (Lipinski definition) is 7. The molecule has 1 unspecified atom stereocenters. The molecule has 3 rings (SSSR count). The summed E-state index contributed by atoms with van der Waals surface area (Å²) in [6.45, 7) is 2.53. The average Bonchev–Trinajstić information content (AvgIpc) is 2.69. The van der Waals surface area contributed by atoms with Crippen molar-refractivity contribution in [3.63, 3.8) is 0 Å². The number of thioether (sulfide) groups is 1. The molecular weight excluding hydrogens is 400 g/mol. The van der Waals surface area contributed by atoms with Crippen LogP contribution in [0.2, 0.25) is 0 Å². The Morgan fingerprint density at radius 1 is 1.31 bits per heavy atom. The quantitative estimate of drug-likeness (QED) is 0.490. The maximum atomic E-state index is 12.6. The van der Waals surface area contributed by atoms with Gasteiger partial charge in [0.2, 0.25) is 0 Å². The van der Waals surface area contributed by atoms with E-state index >= 15 is 0 Å². The third kappa shape index (κ3) is 4.37. The highest BCUT2D eigenvalue weighted by molar-refractivity contribution is 8.00. The first kappa shape index (κ1) is 20.7. The zero-order valence-corrected chi connectivity index (χ0v) is 16.6. The monoisotopic (exact) mass is 420 g/mol. The van der Waals surface area contributed by atoms with Gasteiger partial charge >= 0.3 is 11.9 Å². The van der Waals surface area contributed by atoms with Crippen molar-refractivity contribution < 1.29 is 33.8 Å². The maximum Gasteiger partial charge on any atom is 0.352 e. The second-order valence-electron chi connectivity index (χ2n) is 6.49. The van der Waals surface area contributed by atoms with Crippen molar-refractivity contribution in [2.75, 3.05) is 12.4 Å². The van der Waals surface area contributed by atoms with Crippen molar-refractivity contribution in [1.82, 2.24) is 10.2 Å². The second kappa shape index (κ2) is 8.56. The molecule has 29 heavy (non-hydrogen) atoms. The number of amides is 2. The van der Waals surface area contributed by atoms with Crippen molar-refractivity contribution in [2.45, 2.75) is 31.4 Å². The molecule has 10 heteroatoms. The largest absolute Gasteiger partial charge is 0.484 e. The van der Waals surface area contributed by atoms with Gasteiger partial charge in [0.15, 0.2) is 6.61 Å². The molecule has 0 spiro atoms. The molecule has 0 aromatic heterocycles. The van der Waals surface area contributed by atoms with Crippen LogP contribution >= 0.6 is 11.8 Å². The summed E-state index contributed by atoms with van der Waals surface area (Å²) < 4.78 is 10.4. The molecule has 9 nitrogen and oxygen atoms in total. The van der Waals surface area contributed by atoms with E-state index in [1.807, 2.05) is 6.07 Å². The van der Waals surface area contributed by atoms with E-state index in [1.165, 1.54) is 18.7 Å². The predicted octanol–water partition coefficient (Wildman–Crippen LogP) is 0.756. The number of rotatable bonds is 7. The lowest BCUT2D eigenvalue weighted by Crippen LogP contribution is -2.71. The number of fused-ring (bicyclic) bond motifs is 1. The minimum absolute atomic E-state index is 0.196. The highest BCUT2D eigenvalue weighted by atomic mass is 32.2. The molecule has 3 atom stereocenters. The number of hydrogen-bond donors (Lipinski definition) is 2. The van der Waals surface area contributed by atoms with E-state index in [0.717, 1.165) is 4.90 Å². The van der Waals surface area contributed by atoms with Crippen LogP contribution in [0.3, 0.4) is 0 Å². The summed E-state index contributed by atoms with van der Waals surface area (Å²) in [5.74, 6) is -2.04. The van der Waals surface area contributed by atoms with Crippen molar-refractivity contribution in [2.24, 2.45) is 0 Å². The fourth-order valence-electron chi connectivity index (χ4n) is 3.15. The van der Waals surface area contributed by atoms with Crippen LogP contribution < -0.4 is 10.1 Å². The van der Waals surface area contributed by atoms with Crippen LogP contribution in [0.4, 0.5) is 0 Å². The molecule has 2 aliphatic rings. The summed E-state index contributed by atoms with van der Waals surface area (Å²) in [4.78, 5) is 48.8. The number of ether oxygens (including phenoxy) is 2. The van der Waals surface area contributed by atoms with E-state index in [-0.39, 0.29) is 18.1 Å². The number of para-hydroxylation sites is 1. The molecule has 0 bridgehead atoms. The highest BCUT2D eigenvalue weighted by Crippen LogP contribution is 2.41. The Bertz CT molecular complexity index is 871. The molecular formula is C19H20N2O7S. The average molecular weight is 420 g/mol. The lowest BCUT2D eigenvalue weighted by Gasteiger charge is -2.49. The normalized spacial score (nSPS) is 21.6. The van der Waals surface area contributed by atoms with Crippen LogP contribution in [-0.4, -0.2) is 63.6 Å². The number of benzene rings is 1. The van der Waals surface area contributed by atoms with Crippen molar-refractivity contribution >= 4 is 35.5 Å². The summed E-state index contributed by atoms with van der Waals surface area (Å²) in [5.41, 5.74) is 0.151. The predicted molar refractivity (Wildman–Crippen MR) is 103 cm³/mol. The standard InChI is InChI=1S/C19H20N2O7S/c1-10(28-11(2)22)13-9-29-18-15(17(24)21(18)16(13)19(25)26)20-14(23)8-27-12-6-4-3-5-7-12/h3-7,10,15,18H,8-9H2,1-2H3,(H,20,23)(H,25,26)/t10?,15-,18+/m1/s1. The minimum Gasteiger partial charge on any atom is -0.484 e. The molecule has 1 aromatic rings. The number of esters is 1. The Morgan fingerprint density at radius 2 is 2.00 bits per heavy atom. The van der Waals surface area contributed by atoms with Crippen LogP contribution in [0.1, 0.15) is 13.8 Å². The molecule has 0 saturated carbocycles. The van der Waals surface area contributed by atoms with E-state index in [4.69, 9.17) is 9.47 Å². The number of nitrogens with one attached hydrogen (secondary N) is 1. The van der Waals surface area contributed by atoms with Gasteiger partial charge in [-0.15, -0.1) is 11.8 Å². The Balaban J connectivity index is 1.66. The van der Waals surface area contributed by atoms with Gasteiger partial charge in [-0.25, -0.2) is 4.79 Å². The van der Waals surface area contributed by atoms with E-state index < -0.39 is 41.3 Å². The van der Waals surface area contributed by atoms with Crippen molar-refractivity contribution in [3.05, 3.63) is 41.6 Å². The molecule has 154 valence electrons. The van der Waals surface area contributed by atoms with Crippen LogP contribution in [0.5, 0.6) is 5.75 Å². The first-order valence-electron chi connectivity index (χ1n) is 8.85. The van der Waals surface area contributed by atoms with Gasteiger partial charge in [-0.05, 0) is 19.1 Å². The lowest BCUT2D eigenvalue weighted by atomic mass is 10.0. The molecule has 2 heterocycles. The first-order chi connectivity index (χ1) is 13.8. The summed E-state index contributed by atoms with van der Waals surface area (Å²) in [6.07, 6.45) is -0.771. The Kier molecular flexibility index (Phi) is 6.12. The number of β-lactam (4-membered cyclic amide) rings is 1. The number of carbonyl (C=O) groups is 4. The van der Waals surface area contributed by atoms with Crippen LogP contribution in [0.25, 0.3) is 0 Å². The zero-order chi connectivity index (χ0) is 21.1. The molecule has 1 fully saturated rings. The smallest absolute Gasteiger partial charge is 0.352 e. The SMILES string of the molecule is CC(=O)OC(C)C1=C(C(=O)O)N2C(=O)[C@@H](NC(=O)COc3ccccc3)[C@@H]2SC1. The topological polar surface area (TPSA) is 122 Å². The molecule has 0 radical (unpaired) electrons. The summed E-state index contributed by atoms with van der Waals surface area (Å²) in [5, 5.41) is 11.7. The molecule has 1 saturated heterocycles. The number of carboxylic acid groups (broad SMARTS) is 1. The van der Waals surface area contributed by atoms with Gasteiger partial charge in [-0.3, -0.25) is 19.3 Å². The van der Waals surface area contributed by atoms with Crippen molar-refractivity contribution in [3.8, 4) is 5.75 Å². The van der Waals surface area contributed by atoms with Gasteiger partial charge in [-0.2, -0.15) is 0 Å². The summed E-state index contributed by atoms with van der Waals surface area (Å²) in [6, 6.07) is 7.93. The van der Waals surface area contributed by atoms with Gasteiger partial charge in [0, 0.05) is 18.2 Å². The first-order valence-corrected chi connectivity index (χ1v) is 9.90. The molecule has 1 aromatic carbocycles. The van der Waals surface area contributed by atoms with Gasteiger partial charge in [-0.1, -0.05) is 18.2 Å². The van der Waals surface area contributed by atoms with Crippen LogP contribution in [0, 0.1) is 0 Å². The minimum atomic E-state index is -1.28. The molecule has 2 aliphatic heterocycles. The van der Waals surface area contributed by atoms with E-state index in [2.05, 4.69) is 5.32 Å². The fourth-order valence-corrected chi connectivity index (χ4v) is 4.61. The molecule has 2 amide bonds. The summed E-state index contributed by atoms with van der Waals surface area (Å²) >= 11 is 1.30. The van der Waals surface area contributed by atoms with Gasteiger partial charge < -0.3 is 19.9 Å². The lowest BCUT2D eigenvalue weighted by molar-refractivity contribution is -0.151. The van der Waals surface area contributed by atoms with Crippen molar-refractivity contribution in [1.29, 1.82) is 0 Å². The highest BCUT2D eigenvalue weighted by Gasteiger charge is 2.54. The number of aliphatic carboxylic acids is 1. The fraction of sp³-hybridized carbons (Fsp3) is 0.368. The third-order valence-electron chi connectivity index (χ3n) is 4.46. The number of carbonyl (C=O) groups excluding carboxylic acids is 3. The van der Waals surface area contributed by atoms with Gasteiger partial charge in [0.05, 0.1) is 0 Å². The Labute approximate surface area is 171 Å². The number of carboxylic acids is 1. The zero-order valence-electron chi connectivity index (χ0n) is 15.8.